The van der Waals surface area contributed by atoms with Gasteiger partial charge in [0.15, 0.2) is 0 Å². The van der Waals surface area contributed by atoms with Crippen molar-refractivity contribution in [2.45, 2.75) is 44.9 Å². The van der Waals surface area contributed by atoms with E-state index in [1.165, 1.54) is 24.2 Å². The maximum atomic E-state index is 13.1. The van der Waals surface area contributed by atoms with Gasteiger partial charge in [0.1, 0.15) is 21.3 Å². The monoisotopic (exact) mass is 518 g/mol. The number of anilines is 1. The van der Waals surface area contributed by atoms with E-state index in [0.717, 1.165) is 15.3 Å². The molecule has 1 aliphatic carbocycles. The van der Waals surface area contributed by atoms with E-state index in [2.05, 4.69) is 31.5 Å². The van der Waals surface area contributed by atoms with Gasteiger partial charge in [-0.15, -0.1) is 11.3 Å². The van der Waals surface area contributed by atoms with E-state index in [9.17, 15) is 9.59 Å². The summed E-state index contributed by atoms with van der Waals surface area (Å²) in [4.78, 5) is 37.1. The highest BCUT2D eigenvalue weighted by Gasteiger charge is 2.26. The van der Waals surface area contributed by atoms with Gasteiger partial charge in [-0.2, -0.15) is 10.2 Å². The Morgan fingerprint density at radius 2 is 2.00 bits per heavy atom. The molecule has 12 heteroatoms. The summed E-state index contributed by atoms with van der Waals surface area (Å²) in [7, 11) is 0. The van der Waals surface area contributed by atoms with Gasteiger partial charge in [0.25, 0.3) is 5.56 Å². The van der Waals surface area contributed by atoms with Gasteiger partial charge in [-0.3, -0.25) is 24.2 Å². The van der Waals surface area contributed by atoms with Gasteiger partial charge >= 0.3 is 0 Å². The molecular weight excluding hydrogens is 492 g/mol. The van der Waals surface area contributed by atoms with Crippen LogP contribution in [-0.4, -0.2) is 72.0 Å². The summed E-state index contributed by atoms with van der Waals surface area (Å²) in [5.74, 6) is -0.133. The number of H-pyrrole nitrogens is 1. The molecule has 2 atom stereocenters. The molecule has 0 radical (unpaired) electrons. The lowest BCUT2D eigenvalue weighted by Crippen LogP contribution is -2.48. The van der Waals surface area contributed by atoms with E-state index < -0.39 is 0 Å². The molecule has 2 fully saturated rings. The molecule has 2 aliphatic rings. The Balaban J connectivity index is 1.17. The van der Waals surface area contributed by atoms with Crippen LogP contribution >= 0.6 is 11.3 Å². The molecule has 1 saturated carbocycles. The van der Waals surface area contributed by atoms with Gasteiger partial charge in [0, 0.05) is 31.0 Å². The second-order valence-electron chi connectivity index (χ2n) is 10.1. The lowest BCUT2D eigenvalue weighted by molar-refractivity contribution is -0.121. The van der Waals surface area contributed by atoms with Crippen LogP contribution in [0.4, 0.5) is 5.69 Å². The molecule has 2 N–H and O–H groups in total. The van der Waals surface area contributed by atoms with Crippen LogP contribution in [0.1, 0.15) is 32.7 Å². The number of rotatable bonds is 5. The Kier molecular flexibility index (Phi) is 5.17. The van der Waals surface area contributed by atoms with Crippen molar-refractivity contribution in [1.29, 1.82) is 0 Å². The number of fused-ring (bicyclic) bond motifs is 5. The number of pyridine rings is 2. The number of morpholine rings is 1. The molecule has 1 aliphatic heterocycles. The second kappa shape index (κ2) is 8.47. The minimum absolute atomic E-state index is 0.0902. The van der Waals surface area contributed by atoms with E-state index in [-0.39, 0.29) is 30.2 Å². The van der Waals surface area contributed by atoms with E-state index in [1.54, 1.807) is 16.8 Å². The lowest BCUT2D eigenvalue weighted by atomic mass is 10.2. The van der Waals surface area contributed by atoms with Gasteiger partial charge in [0.2, 0.25) is 5.91 Å². The molecule has 37 heavy (non-hydrogen) atoms. The Morgan fingerprint density at radius 1 is 1.19 bits per heavy atom. The maximum absolute atomic E-state index is 13.1. The molecule has 5 aromatic rings. The molecule has 1 saturated heterocycles. The highest BCUT2D eigenvalue weighted by Crippen LogP contribution is 2.37. The average molecular weight is 519 g/mol. The summed E-state index contributed by atoms with van der Waals surface area (Å²) in [6.45, 7) is 5.70. The zero-order chi connectivity index (χ0) is 25.3. The van der Waals surface area contributed by atoms with Crippen LogP contribution in [0.2, 0.25) is 0 Å². The smallest absolute Gasteiger partial charge is 0.261 e. The molecule has 190 valence electrons. The third-order valence-corrected chi connectivity index (χ3v) is 8.00. The number of thiazole rings is 1. The first kappa shape index (κ1) is 22.6. The van der Waals surface area contributed by atoms with Gasteiger partial charge in [0.05, 0.1) is 53.3 Å². The fourth-order valence-electron chi connectivity index (χ4n) is 5.17. The number of carbonyl (C=O) groups is 1. The summed E-state index contributed by atoms with van der Waals surface area (Å²) in [5, 5.41) is 12.6. The molecule has 0 spiro atoms. The van der Waals surface area contributed by atoms with Gasteiger partial charge in [-0.05, 0) is 32.8 Å². The summed E-state index contributed by atoms with van der Waals surface area (Å²) in [5.41, 5.74) is 2.97. The van der Waals surface area contributed by atoms with Crippen molar-refractivity contribution < 1.29 is 9.53 Å². The molecule has 6 heterocycles. The standard InChI is InChI=1S/C25H26N8O3S/c1-13-8-31(9-14(2)36-13)12-20(34)28-16-5-18-22(26-7-16)23-21(24(35)29-18)25-33(30-23)11-19(37-25)15-6-27-32(10-15)17-3-4-17/h5-7,10-11,13-14,17H,3-4,8-9,12H2,1-2H3,(H,28,34)(H,29,35)/t13-,14-/m0/s1. The molecule has 5 aromatic heterocycles. The number of carbonyl (C=O) groups excluding carboxylic acids is 1. The number of aromatic amines is 1. The molecule has 0 bridgehead atoms. The summed E-state index contributed by atoms with van der Waals surface area (Å²) < 4.78 is 9.50. The summed E-state index contributed by atoms with van der Waals surface area (Å²) in [6, 6.07) is 2.25. The highest BCUT2D eigenvalue weighted by molar-refractivity contribution is 7.21. The van der Waals surface area contributed by atoms with Crippen LogP contribution < -0.4 is 10.9 Å². The van der Waals surface area contributed by atoms with Crippen molar-refractivity contribution in [3.63, 3.8) is 0 Å². The third kappa shape index (κ3) is 4.10. The van der Waals surface area contributed by atoms with E-state index >= 15 is 0 Å². The zero-order valence-corrected chi connectivity index (χ0v) is 21.3. The quantitative estimate of drug-likeness (QED) is 0.367. The predicted octanol–water partition coefficient (Wildman–Crippen LogP) is 3.03. The zero-order valence-electron chi connectivity index (χ0n) is 20.5. The van der Waals surface area contributed by atoms with Crippen LogP contribution in [0, 0.1) is 0 Å². The number of aromatic nitrogens is 6. The molecule has 0 unspecified atom stereocenters. The number of nitrogens with zero attached hydrogens (tertiary/aromatic N) is 6. The van der Waals surface area contributed by atoms with Crippen LogP contribution in [0.3, 0.4) is 0 Å². The molecule has 0 aromatic carbocycles. The van der Waals surface area contributed by atoms with Crippen molar-refractivity contribution in [1.82, 2.24) is 34.3 Å². The first-order valence-electron chi connectivity index (χ1n) is 12.5. The fourth-order valence-corrected chi connectivity index (χ4v) is 6.24. The Hall–Kier alpha value is -3.61. The van der Waals surface area contributed by atoms with Crippen molar-refractivity contribution >= 4 is 49.7 Å². The Bertz CT molecular complexity index is 1720. The van der Waals surface area contributed by atoms with E-state index in [0.29, 0.717) is 46.8 Å². The number of amides is 1. The Labute approximate surface area is 215 Å². The number of hydrogen-bond acceptors (Lipinski definition) is 8. The largest absolute Gasteiger partial charge is 0.373 e. The molecule has 1 amide bonds. The molecule has 11 nitrogen and oxygen atoms in total. The minimum Gasteiger partial charge on any atom is -0.373 e. The topological polar surface area (TPSA) is 122 Å². The normalized spacial score (nSPS) is 20.8. The summed E-state index contributed by atoms with van der Waals surface area (Å²) in [6.07, 6.45) is 9.99. The number of ether oxygens (including phenoxy) is 1. The molecular formula is C25H26N8O3S. The van der Waals surface area contributed by atoms with Crippen molar-refractivity contribution in [3.8, 4) is 10.4 Å². The van der Waals surface area contributed by atoms with Crippen molar-refractivity contribution in [2.75, 3.05) is 25.0 Å². The third-order valence-electron chi connectivity index (χ3n) is 6.85. The first-order chi connectivity index (χ1) is 17.9. The minimum atomic E-state index is -0.235. The highest BCUT2D eigenvalue weighted by atomic mass is 32.1. The first-order valence-corrected chi connectivity index (χ1v) is 13.3. The molecule has 7 rings (SSSR count). The van der Waals surface area contributed by atoms with Crippen LogP contribution in [-0.2, 0) is 9.53 Å². The Morgan fingerprint density at radius 3 is 2.78 bits per heavy atom. The van der Waals surface area contributed by atoms with Crippen LogP contribution in [0.15, 0.2) is 35.6 Å². The summed E-state index contributed by atoms with van der Waals surface area (Å²) >= 11 is 1.51. The fraction of sp³-hybridized carbons (Fsp3) is 0.400. The maximum Gasteiger partial charge on any atom is 0.261 e. The number of nitrogens with one attached hydrogen (secondary N) is 2. The van der Waals surface area contributed by atoms with Gasteiger partial charge in [-0.25, -0.2) is 4.52 Å². The van der Waals surface area contributed by atoms with Gasteiger partial charge < -0.3 is 15.0 Å². The van der Waals surface area contributed by atoms with E-state index in [1.807, 2.05) is 30.9 Å². The number of hydrogen-bond donors (Lipinski definition) is 2. The predicted molar refractivity (Wildman–Crippen MR) is 141 cm³/mol. The van der Waals surface area contributed by atoms with Gasteiger partial charge in [-0.1, -0.05) is 0 Å². The lowest BCUT2D eigenvalue weighted by Gasteiger charge is -2.34. The van der Waals surface area contributed by atoms with Crippen LogP contribution in [0.25, 0.3) is 37.2 Å². The second-order valence-corrected chi connectivity index (χ2v) is 11.1. The average Bonchev–Trinajstić information content (AvgIpc) is 3.25. The van der Waals surface area contributed by atoms with E-state index in [4.69, 9.17) is 9.84 Å². The SMILES string of the molecule is C[C@H]1CN(CC(=O)Nc2cnc3c(c2)[nH]c(=O)c2c3nn3cc(-c4cnn(C5CC5)c4)sc23)C[C@H](C)O1. The van der Waals surface area contributed by atoms with Crippen LogP contribution in [0.5, 0.6) is 0 Å². The van der Waals surface area contributed by atoms with Crippen molar-refractivity contribution in [2.24, 2.45) is 0 Å². The van der Waals surface area contributed by atoms with Crippen molar-refractivity contribution in [3.05, 3.63) is 41.2 Å².